The first kappa shape index (κ1) is 24.6. The highest BCUT2D eigenvalue weighted by Crippen LogP contribution is 2.32. The maximum Gasteiger partial charge on any atom is 0.222 e. The van der Waals surface area contributed by atoms with Gasteiger partial charge in [-0.2, -0.15) is 4.99 Å². The summed E-state index contributed by atoms with van der Waals surface area (Å²) in [6, 6.07) is 6.72. The van der Waals surface area contributed by atoms with Gasteiger partial charge in [0.25, 0.3) is 0 Å². The third kappa shape index (κ3) is 7.24. The molecule has 5 N–H and O–H groups in total. The van der Waals surface area contributed by atoms with Crippen molar-refractivity contribution in [2.24, 2.45) is 15.7 Å². The van der Waals surface area contributed by atoms with Crippen molar-refractivity contribution >= 4 is 17.6 Å². The third-order valence-corrected chi connectivity index (χ3v) is 6.91. The molecule has 0 aromatic heterocycles. The van der Waals surface area contributed by atoms with Crippen LogP contribution in [0.1, 0.15) is 58.3 Å². The Balaban J connectivity index is 1.39. The van der Waals surface area contributed by atoms with E-state index in [1.165, 1.54) is 51.4 Å². The monoisotopic (exact) mass is 471 g/mol. The van der Waals surface area contributed by atoms with Gasteiger partial charge in [0, 0.05) is 30.4 Å². The lowest BCUT2D eigenvalue weighted by atomic mass is 10.1. The first-order valence-electron chi connectivity index (χ1n) is 13.0. The molecule has 0 amide bonds. The van der Waals surface area contributed by atoms with Crippen molar-refractivity contribution in [3.63, 3.8) is 0 Å². The smallest absolute Gasteiger partial charge is 0.222 e. The van der Waals surface area contributed by atoms with Gasteiger partial charge in [-0.1, -0.05) is 32.6 Å². The number of aliphatic imine (C=N–C) groups is 2. The van der Waals surface area contributed by atoms with Crippen LogP contribution in [0.25, 0.3) is 0 Å². The lowest BCUT2D eigenvalue weighted by Gasteiger charge is -2.23. The highest BCUT2D eigenvalue weighted by molar-refractivity contribution is 6.01. The summed E-state index contributed by atoms with van der Waals surface area (Å²) >= 11 is 0. The van der Waals surface area contributed by atoms with E-state index in [1.54, 1.807) is 0 Å². The van der Waals surface area contributed by atoms with Gasteiger partial charge in [-0.25, -0.2) is 4.99 Å². The van der Waals surface area contributed by atoms with E-state index in [1.807, 2.05) is 18.2 Å². The second-order valence-electron chi connectivity index (χ2n) is 9.32. The summed E-state index contributed by atoms with van der Waals surface area (Å²) in [6.45, 7) is 6.92. The Kier molecular flexibility index (Phi) is 9.27. The molecule has 188 valence electrons. The van der Waals surface area contributed by atoms with Crippen molar-refractivity contribution in [2.75, 3.05) is 44.8 Å². The standard InChI is InChI=1S/C25H41N7O2/c1-2-32-13-7-10-21(32)17-27-25(29-18-28-19-8-5-3-4-6-9-19)31-24(26)30-20-11-12-22-23(16-20)34-15-14-33-22/h11-12,16,19,21,28H,2-10,13-15,17-18H2,1H3,(H4,26,27,29,30,31). The fourth-order valence-electron chi connectivity index (χ4n) is 5.03. The van der Waals surface area contributed by atoms with Crippen LogP contribution < -0.4 is 31.2 Å². The summed E-state index contributed by atoms with van der Waals surface area (Å²) < 4.78 is 11.3. The van der Waals surface area contributed by atoms with Crippen LogP contribution in [-0.2, 0) is 0 Å². The first-order valence-corrected chi connectivity index (χ1v) is 13.0. The molecule has 1 saturated heterocycles. The fourth-order valence-corrected chi connectivity index (χ4v) is 5.03. The SMILES string of the molecule is CCN1CCCC1CNC(=N/CNC1CCCCCC1)/N=C(\N)Nc1ccc2c(c1)OCCO2. The van der Waals surface area contributed by atoms with E-state index >= 15 is 0 Å². The summed E-state index contributed by atoms with van der Waals surface area (Å²) in [5.74, 6) is 2.31. The molecule has 1 saturated carbocycles. The average molecular weight is 472 g/mol. The predicted molar refractivity (Wildman–Crippen MR) is 138 cm³/mol. The Hall–Kier alpha value is -2.52. The number of fused-ring (bicyclic) bond motifs is 1. The Morgan fingerprint density at radius 3 is 2.65 bits per heavy atom. The number of anilines is 1. The minimum Gasteiger partial charge on any atom is -0.486 e. The topological polar surface area (TPSA) is 109 Å². The molecule has 1 atom stereocenters. The lowest BCUT2D eigenvalue weighted by molar-refractivity contribution is 0.171. The number of guanidine groups is 2. The van der Waals surface area contributed by atoms with Gasteiger partial charge in [0.15, 0.2) is 11.5 Å². The molecular weight excluding hydrogens is 430 g/mol. The first-order chi connectivity index (χ1) is 16.7. The van der Waals surface area contributed by atoms with Crippen molar-refractivity contribution in [3.05, 3.63) is 18.2 Å². The van der Waals surface area contributed by atoms with Crippen molar-refractivity contribution < 1.29 is 9.47 Å². The largest absolute Gasteiger partial charge is 0.486 e. The zero-order valence-corrected chi connectivity index (χ0v) is 20.5. The minimum atomic E-state index is 0.288. The summed E-state index contributed by atoms with van der Waals surface area (Å²) in [5, 5.41) is 10.2. The second kappa shape index (κ2) is 12.8. The molecule has 1 aromatic rings. The van der Waals surface area contributed by atoms with E-state index in [-0.39, 0.29) is 5.96 Å². The van der Waals surface area contributed by atoms with Crippen LogP contribution in [0, 0.1) is 0 Å². The Bertz CT molecular complexity index is 837. The fraction of sp³-hybridized carbons (Fsp3) is 0.680. The number of likely N-dealkylation sites (tertiary alicyclic amines) is 1. The van der Waals surface area contributed by atoms with Crippen molar-refractivity contribution in [1.29, 1.82) is 0 Å². The molecular formula is C25H41N7O2. The zero-order valence-electron chi connectivity index (χ0n) is 20.5. The van der Waals surface area contributed by atoms with Crippen LogP contribution >= 0.6 is 0 Å². The van der Waals surface area contributed by atoms with Gasteiger partial charge in [-0.15, -0.1) is 0 Å². The number of nitrogens with two attached hydrogens (primary N) is 1. The number of nitrogens with zero attached hydrogens (tertiary/aromatic N) is 3. The van der Waals surface area contributed by atoms with Crippen LogP contribution in [0.3, 0.4) is 0 Å². The van der Waals surface area contributed by atoms with Crippen LogP contribution in [0.2, 0.25) is 0 Å². The predicted octanol–water partition coefficient (Wildman–Crippen LogP) is 2.88. The highest BCUT2D eigenvalue weighted by Gasteiger charge is 2.23. The molecule has 4 rings (SSSR count). The molecule has 1 aromatic carbocycles. The number of ether oxygens (including phenoxy) is 2. The summed E-state index contributed by atoms with van der Waals surface area (Å²) in [7, 11) is 0. The number of likely N-dealkylation sites (N-methyl/N-ethyl adjacent to an activating group) is 1. The molecule has 0 spiro atoms. The Labute approximate surface area is 203 Å². The molecule has 0 radical (unpaired) electrons. The summed E-state index contributed by atoms with van der Waals surface area (Å²) in [5.41, 5.74) is 7.07. The average Bonchev–Trinajstić information content (AvgIpc) is 3.15. The quantitative estimate of drug-likeness (QED) is 0.275. The van der Waals surface area contributed by atoms with Gasteiger partial charge in [0.2, 0.25) is 11.9 Å². The second-order valence-corrected chi connectivity index (χ2v) is 9.32. The van der Waals surface area contributed by atoms with Crippen LogP contribution in [0.15, 0.2) is 28.2 Å². The van der Waals surface area contributed by atoms with Crippen LogP contribution in [0.5, 0.6) is 11.5 Å². The molecule has 1 aliphatic carbocycles. The van der Waals surface area contributed by atoms with E-state index in [9.17, 15) is 0 Å². The number of nitrogens with one attached hydrogen (secondary N) is 3. The molecule has 2 aliphatic heterocycles. The van der Waals surface area contributed by atoms with E-state index < -0.39 is 0 Å². The van der Waals surface area contributed by atoms with E-state index in [0.29, 0.717) is 43.7 Å². The number of rotatable bonds is 7. The molecule has 34 heavy (non-hydrogen) atoms. The zero-order chi connectivity index (χ0) is 23.6. The van der Waals surface area contributed by atoms with Gasteiger partial charge >= 0.3 is 0 Å². The van der Waals surface area contributed by atoms with Crippen molar-refractivity contribution in [3.8, 4) is 11.5 Å². The van der Waals surface area contributed by atoms with E-state index in [2.05, 4.69) is 32.8 Å². The molecule has 3 aliphatic rings. The number of benzene rings is 1. The number of hydrogen-bond donors (Lipinski definition) is 4. The molecule has 0 bridgehead atoms. The van der Waals surface area contributed by atoms with Crippen molar-refractivity contribution in [1.82, 2.24) is 15.5 Å². The van der Waals surface area contributed by atoms with Crippen molar-refractivity contribution in [2.45, 2.75) is 70.4 Å². The van der Waals surface area contributed by atoms with E-state index in [4.69, 9.17) is 20.2 Å². The Morgan fingerprint density at radius 1 is 1.06 bits per heavy atom. The molecule has 1 unspecified atom stereocenters. The molecule has 2 fully saturated rings. The summed E-state index contributed by atoms with van der Waals surface area (Å²) in [6.07, 6.45) is 10.2. The van der Waals surface area contributed by atoms with Crippen LogP contribution in [0.4, 0.5) is 5.69 Å². The minimum absolute atomic E-state index is 0.288. The number of hydrogen-bond acceptors (Lipinski definition) is 5. The molecule has 9 heteroatoms. The normalized spacial score (nSPS) is 22.4. The van der Waals surface area contributed by atoms with Gasteiger partial charge in [0.1, 0.15) is 13.2 Å². The maximum atomic E-state index is 6.27. The highest BCUT2D eigenvalue weighted by atomic mass is 16.6. The molecule has 2 heterocycles. The molecule has 9 nitrogen and oxygen atoms in total. The maximum absolute atomic E-state index is 6.27. The van der Waals surface area contributed by atoms with Gasteiger partial charge in [-0.3, -0.25) is 10.2 Å². The third-order valence-electron chi connectivity index (χ3n) is 6.91. The van der Waals surface area contributed by atoms with E-state index in [0.717, 1.165) is 31.1 Å². The summed E-state index contributed by atoms with van der Waals surface area (Å²) in [4.78, 5) is 11.8. The van der Waals surface area contributed by atoms with Gasteiger partial charge < -0.3 is 25.8 Å². The van der Waals surface area contributed by atoms with Gasteiger partial charge in [0.05, 0.1) is 6.67 Å². The van der Waals surface area contributed by atoms with Gasteiger partial charge in [-0.05, 0) is 50.9 Å². The lowest BCUT2D eigenvalue weighted by Crippen LogP contribution is -2.41. The Morgan fingerprint density at radius 2 is 1.85 bits per heavy atom. The van der Waals surface area contributed by atoms with Crippen LogP contribution in [-0.4, -0.2) is 68.4 Å².